The number of aliphatic hydroxyl groups is 2. The Morgan fingerprint density at radius 3 is 2.42 bits per heavy atom. The van der Waals surface area contributed by atoms with E-state index >= 15 is 0 Å². The number of hydrogen-bond acceptors (Lipinski definition) is 5. The van der Waals surface area contributed by atoms with Crippen LogP contribution >= 0.6 is 0 Å². The Balaban J connectivity index is 2.01. The van der Waals surface area contributed by atoms with Crippen LogP contribution in [0, 0.1) is 5.92 Å². The van der Waals surface area contributed by atoms with Gasteiger partial charge in [0.1, 0.15) is 0 Å². The maximum atomic E-state index is 10.5. The molecule has 2 N–H and O–H groups in total. The molecule has 2 rings (SSSR count). The van der Waals surface area contributed by atoms with Gasteiger partial charge >= 0.3 is 0 Å². The zero-order valence-corrected chi connectivity index (χ0v) is 12.4. The largest absolute Gasteiger partial charge is 0.394 e. The maximum Gasteiger partial charge on any atom is 0.0932 e. The predicted octanol–water partition coefficient (Wildman–Crippen LogP) is 0.244. The summed E-state index contributed by atoms with van der Waals surface area (Å²) in [6.45, 7) is 11.0. The number of aliphatic hydroxyl groups excluding tert-OH is 2. The van der Waals surface area contributed by atoms with Crippen LogP contribution < -0.4 is 0 Å². The Kier molecular flexibility index (Phi) is 4.23. The van der Waals surface area contributed by atoms with E-state index in [1.165, 1.54) is 0 Å². The molecule has 19 heavy (non-hydrogen) atoms. The second-order valence-electron chi connectivity index (χ2n) is 6.80. The minimum Gasteiger partial charge on any atom is -0.394 e. The molecule has 0 saturated carbocycles. The molecule has 2 fully saturated rings. The van der Waals surface area contributed by atoms with Crippen LogP contribution in [0.3, 0.4) is 0 Å². The first-order valence-electron chi connectivity index (χ1n) is 7.09. The average molecular weight is 273 g/mol. The molecule has 5 nitrogen and oxygen atoms in total. The summed E-state index contributed by atoms with van der Waals surface area (Å²) in [5, 5.41) is 19.7. The Morgan fingerprint density at radius 2 is 1.89 bits per heavy atom. The van der Waals surface area contributed by atoms with Crippen molar-refractivity contribution < 1.29 is 19.7 Å². The first-order chi connectivity index (χ1) is 8.76. The third-order valence-electron chi connectivity index (χ3n) is 4.39. The van der Waals surface area contributed by atoms with Crippen LogP contribution in [0.15, 0.2) is 0 Å². The molecule has 0 aromatic rings. The van der Waals surface area contributed by atoms with E-state index in [4.69, 9.17) is 9.47 Å². The number of nitrogens with zero attached hydrogens (tertiary/aromatic N) is 1. The summed E-state index contributed by atoms with van der Waals surface area (Å²) < 4.78 is 11.5. The third kappa shape index (κ3) is 3.11. The summed E-state index contributed by atoms with van der Waals surface area (Å²) in [7, 11) is 0. The second kappa shape index (κ2) is 5.30. The lowest BCUT2D eigenvalue weighted by Crippen LogP contribution is -2.50. The molecule has 112 valence electrons. The van der Waals surface area contributed by atoms with Crippen LogP contribution in [0.2, 0.25) is 0 Å². The zero-order chi connectivity index (χ0) is 14.3. The van der Waals surface area contributed by atoms with Gasteiger partial charge in [-0.15, -0.1) is 0 Å². The Bertz CT molecular complexity index is 319. The van der Waals surface area contributed by atoms with Crippen LogP contribution in [-0.2, 0) is 9.47 Å². The lowest BCUT2D eigenvalue weighted by molar-refractivity contribution is -0.0935. The minimum atomic E-state index is -0.503. The lowest BCUT2D eigenvalue weighted by atomic mass is 9.84. The highest BCUT2D eigenvalue weighted by Crippen LogP contribution is 2.42. The summed E-state index contributed by atoms with van der Waals surface area (Å²) in [5.41, 5.74) is -0.841. The Hall–Kier alpha value is -0.200. The van der Waals surface area contributed by atoms with E-state index in [1.807, 2.05) is 27.7 Å². The van der Waals surface area contributed by atoms with Gasteiger partial charge in [0.05, 0.1) is 36.6 Å². The molecular formula is C14H27NO4. The average Bonchev–Trinajstić information content (AvgIpc) is 2.48. The molecular weight excluding hydrogens is 246 g/mol. The van der Waals surface area contributed by atoms with E-state index in [0.29, 0.717) is 6.61 Å². The first kappa shape index (κ1) is 15.2. The van der Waals surface area contributed by atoms with Gasteiger partial charge in [0.15, 0.2) is 0 Å². The highest BCUT2D eigenvalue weighted by Gasteiger charge is 2.53. The molecule has 3 atom stereocenters. The van der Waals surface area contributed by atoms with Gasteiger partial charge < -0.3 is 19.7 Å². The molecule has 0 aromatic heterocycles. The predicted molar refractivity (Wildman–Crippen MR) is 72.0 cm³/mol. The van der Waals surface area contributed by atoms with E-state index in [-0.39, 0.29) is 24.2 Å². The smallest absolute Gasteiger partial charge is 0.0932 e. The standard InChI is InChI=1S/C14H27NO4/c1-13(2)11(12(17)14(3,4)19-13)8-15-5-6-18-10(7-15)9-16/h10-12,16-17H,5-9H2,1-4H3. The van der Waals surface area contributed by atoms with Gasteiger partial charge in [-0.05, 0) is 27.7 Å². The molecule has 2 aliphatic heterocycles. The van der Waals surface area contributed by atoms with Crippen molar-refractivity contribution in [2.24, 2.45) is 5.92 Å². The highest BCUT2D eigenvalue weighted by molar-refractivity contribution is 5.02. The fourth-order valence-corrected chi connectivity index (χ4v) is 3.33. The van der Waals surface area contributed by atoms with Crippen molar-refractivity contribution in [2.45, 2.75) is 51.1 Å². The summed E-state index contributed by atoms with van der Waals surface area (Å²) in [4.78, 5) is 2.25. The quantitative estimate of drug-likeness (QED) is 0.771. The molecule has 2 saturated heterocycles. The summed E-state index contributed by atoms with van der Waals surface area (Å²) >= 11 is 0. The molecule has 0 aliphatic carbocycles. The van der Waals surface area contributed by atoms with Crippen LogP contribution in [0.25, 0.3) is 0 Å². The topological polar surface area (TPSA) is 62.2 Å². The molecule has 2 aliphatic rings. The van der Waals surface area contributed by atoms with Crippen LogP contribution in [0.4, 0.5) is 0 Å². The van der Waals surface area contributed by atoms with Crippen LogP contribution in [-0.4, -0.2) is 71.4 Å². The second-order valence-corrected chi connectivity index (χ2v) is 6.80. The SMILES string of the molecule is CC1(C)OC(C)(C)C(CN2CCOC(CO)C2)C1O. The van der Waals surface area contributed by atoms with Crippen molar-refractivity contribution in [1.29, 1.82) is 0 Å². The van der Waals surface area contributed by atoms with E-state index in [9.17, 15) is 10.2 Å². The van der Waals surface area contributed by atoms with Crippen molar-refractivity contribution in [3.05, 3.63) is 0 Å². The number of morpholine rings is 1. The number of ether oxygens (including phenoxy) is 2. The van der Waals surface area contributed by atoms with E-state index in [1.54, 1.807) is 0 Å². The van der Waals surface area contributed by atoms with Crippen LogP contribution in [0.5, 0.6) is 0 Å². The van der Waals surface area contributed by atoms with Crippen molar-refractivity contribution in [2.75, 3.05) is 32.8 Å². The number of rotatable bonds is 3. The maximum absolute atomic E-state index is 10.5. The Labute approximate surface area is 115 Å². The minimum absolute atomic E-state index is 0.0507. The fraction of sp³-hybridized carbons (Fsp3) is 1.00. The molecule has 3 unspecified atom stereocenters. The first-order valence-corrected chi connectivity index (χ1v) is 7.09. The van der Waals surface area contributed by atoms with Crippen molar-refractivity contribution in [3.63, 3.8) is 0 Å². The van der Waals surface area contributed by atoms with Crippen molar-refractivity contribution >= 4 is 0 Å². The lowest BCUT2D eigenvalue weighted by Gasteiger charge is -2.37. The van der Waals surface area contributed by atoms with Crippen molar-refractivity contribution in [1.82, 2.24) is 4.90 Å². The molecule has 0 bridgehead atoms. The van der Waals surface area contributed by atoms with Gasteiger partial charge in [-0.2, -0.15) is 0 Å². The van der Waals surface area contributed by atoms with Gasteiger partial charge in [0, 0.05) is 25.6 Å². The van der Waals surface area contributed by atoms with Crippen molar-refractivity contribution in [3.8, 4) is 0 Å². The molecule has 0 radical (unpaired) electrons. The van der Waals surface area contributed by atoms with Gasteiger partial charge in [0.25, 0.3) is 0 Å². The molecule has 2 heterocycles. The molecule has 0 aromatic carbocycles. The third-order valence-corrected chi connectivity index (χ3v) is 4.39. The normalized spacial score (nSPS) is 38.5. The van der Waals surface area contributed by atoms with E-state index in [0.717, 1.165) is 19.6 Å². The van der Waals surface area contributed by atoms with Gasteiger partial charge in [-0.25, -0.2) is 0 Å². The molecule has 0 amide bonds. The highest BCUT2D eigenvalue weighted by atomic mass is 16.5. The summed E-state index contributed by atoms with van der Waals surface area (Å²) in [5.74, 6) is 0.0694. The molecule has 0 spiro atoms. The number of hydrogen-bond donors (Lipinski definition) is 2. The van der Waals surface area contributed by atoms with Gasteiger partial charge in [-0.1, -0.05) is 0 Å². The van der Waals surface area contributed by atoms with E-state index in [2.05, 4.69) is 4.90 Å². The zero-order valence-electron chi connectivity index (χ0n) is 12.4. The summed E-state index contributed by atoms with van der Waals surface area (Å²) in [6.07, 6.45) is -0.581. The van der Waals surface area contributed by atoms with E-state index < -0.39 is 11.7 Å². The summed E-state index contributed by atoms with van der Waals surface area (Å²) in [6, 6.07) is 0. The van der Waals surface area contributed by atoms with Gasteiger partial charge in [-0.3, -0.25) is 4.90 Å². The monoisotopic (exact) mass is 273 g/mol. The molecule has 5 heteroatoms. The van der Waals surface area contributed by atoms with Crippen LogP contribution in [0.1, 0.15) is 27.7 Å². The Morgan fingerprint density at radius 1 is 1.21 bits per heavy atom. The fourth-order valence-electron chi connectivity index (χ4n) is 3.33. The van der Waals surface area contributed by atoms with Gasteiger partial charge in [0.2, 0.25) is 0 Å².